The Bertz CT molecular complexity index is 1130. The topological polar surface area (TPSA) is 59.7 Å². The van der Waals surface area contributed by atoms with Crippen LogP contribution in [-0.2, 0) is 13.1 Å². The van der Waals surface area contributed by atoms with Gasteiger partial charge in [-0.2, -0.15) is 10.2 Å². The Hall–Kier alpha value is -3.45. The molecule has 0 spiro atoms. The van der Waals surface area contributed by atoms with Gasteiger partial charge in [-0.3, -0.25) is 9.36 Å². The van der Waals surface area contributed by atoms with E-state index >= 15 is 0 Å². The predicted molar refractivity (Wildman–Crippen MR) is 134 cm³/mol. The van der Waals surface area contributed by atoms with E-state index in [0.717, 1.165) is 47.2 Å². The van der Waals surface area contributed by atoms with E-state index in [-0.39, 0.29) is 0 Å². The van der Waals surface area contributed by atoms with Crippen molar-refractivity contribution in [2.24, 2.45) is 0 Å². The molecule has 0 aliphatic heterocycles. The van der Waals surface area contributed by atoms with Crippen LogP contribution in [-0.4, -0.2) is 24.7 Å². The van der Waals surface area contributed by atoms with E-state index in [1.807, 2.05) is 59.6 Å². The summed E-state index contributed by atoms with van der Waals surface area (Å²) in [5, 5.41) is 16.6. The Labute approximate surface area is 194 Å². The number of benzene rings is 2. The molecule has 0 radical (unpaired) electrons. The van der Waals surface area contributed by atoms with Crippen molar-refractivity contribution >= 4 is 28.7 Å². The van der Waals surface area contributed by atoms with Gasteiger partial charge in [0.2, 0.25) is 0 Å². The van der Waals surface area contributed by atoms with Gasteiger partial charge >= 0.3 is 0 Å². The second-order valence-corrected chi connectivity index (χ2v) is 8.37. The van der Waals surface area contributed by atoms with Crippen molar-refractivity contribution in [3.63, 3.8) is 0 Å². The molecule has 2 aromatic heterocycles. The molecule has 164 valence electrons. The van der Waals surface area contributed by atoms with Gasteiger partial charge < -0.3 is 10.6 Å². The summed E-state index contributed by atoms with van der Waals surface area (Å²) >= 11 is 5.64. The van der Waals surface area contributed by atoms with Crippen LogP contribution in [0, 0.1) is 27.7 Å². The molecular weight excluding hydrogens is 416 g/mol. The van der Waals surface area contributed by atoms with E-state index < -0.39 is 0 Å². The summed E-state index contributed by atoms with van der Waals surface area (Å²) in [7, 11) is 0. The highest BCUT2D eigenvalue weighted by Crippen LogP contribution is 2.23. The van der Waals surface area contributed by atoms with E-state index in [2.05, 4.69) is 48.7 Å². The number of thiocarbonyl (C=S) groups is 1. The van der Waals surface area contributed by atoms with Gasteiger partial charge in [-0.25, -0.2) is 0 Å². The van der Waals surface area contributed by atoms with Gasteiger partial charge in [-0.15, -0.1) is 0 Å². The van der Waals surface area contributed by atoms with Crippen LogP contribution in [0.25, 0.3) is 0 Å². The Kier molecular flexibility index (Phi) is 6.37. The van der Waals surface area contributed by atoms with Crippen molar-refractivity contribution in [2.75, 3.05) is 10.6 Å². The van der Waals surface area contributed by atoms with Crippen molar-refractivity contribution < 1.29 is 0 Å². The van der Waals surface area contributed by atoms with Crippen LogP contribution >= 0.6 is 12.2 Å². The first-order valence-electron chi connectivity index (χ1n) is 10.7. The second-order valence-electron chi connectivity index (χ2n) is 7.96. The van der Waals surface area contributed by atoms with Gasteiger partial charge in [0, 0.05) is 0 Å². The number of aromatic nitrogens is 4. The van der Waals surface area contributed by atoms with Gasteiger partial charge in [0.15, 0.2) is 5.11 Å². The molecular formula is C25H28N6S. The minimum Gasteiger partial charge on any atom is -0.329 e. The lowest BCUT2D eigenvalue weighted by atomic mass is 10.2. The average molecular weight is 445 g/mol. The lowest BCUT2D eigenvalue weighted by Crippen LogP contribution is -2.21. The van der Waals surface area contributed by atoms with Crippen LogP contribution in [0.4, 0.5) is 11.4 Å². The number of rotatable bonds is 6. The Morgan fingerprint density at radius 1 is 0.688 bits per heavy atom. The van der Waals surface area contributed by atoms with Gasteiger partial charge in [-0.05, 0) is 51.0 Å². The first kappa shape index (κ1) is 21.8. The predicted octanol–water partition coefficient (Wildman–Crippen LogP) is 5.22. The quantitative estimate of drug-likeness (QED) is 0.399. The van der Waals surface area contributed by atoms with Crippen LogP contribution in [0.3, 0.4) is 0 Å². The largest absolute Gasteiger partial charge is 0.329 e. The molecule has 0 aliphatic carbocycles. The maximum atomic E-state index is 5.64. The minimum absolute atomic E-state index is 0.529. The molecule has 0 saturated heterocycles. The standard InChI is InChI=1S/C25H28N6S/c1-17-23(19(3)30(28-17)15-21-11-7-5-8-12-21)26-25(32)27-24-18(2)29-31(20(24)4)16-22-13-9-6-10-14-22/h5-14H,15-16H2,1-4H3,(H2,26,27,32). The fourth-order valence-corrected chi connectivity index (χ4v) is 4.04. The normalized spacial score (nSPS) is 10.9. The molecule has 2 N–H and O–H groups in total. The summed E-state index contributed by atoms with van der Waals surface area (Å²) in [6.07, 6.45) is 0. The van der Waals surface area contributed by atoms with Crippen LogP contribution in [0.2, 0.25) is 0 Å². The Morgan fingerprint density at radius 2 is 1.06 bits per heavy atom. The van der Waals surface area contributed by atoms with E-state index in [0.29, 0.717) is 5.11 Å². The zero-order chi connectivity index (χ0) is 22.7. The third-order valence-electron chi connectivity index (χ3n) is 5.59. The first-order chi connectivity index (χ1) is 15.4. The molecule has 7 heteroatoms. The lowest BCUT2D eigenvalue weighted by Gasteiger charge is -2.12. The number of hydrogen-bond donors (Lipinski definition) is 2. The lowest BCUT2D eigenvalue weighted by molar-refractivity contribution is 0.659. The molecule has 0 fully saturated rings. The maximum absolute atomic E-state index is 5.64. The van der Waals surface area contributed by atoms with Gasteiger partial charge in [-0.1, -0.05) is 60.7 Å². The average Bonchev–Trinajstić information content (AvgIpc) is 3.19. The second kappa shape index (κ2) is 9.36. The molecule has 32 heavy (non-hydrogen) atoms. The smallest absolute Gasteiger partial charge is 0.175 e. The summed E-state index contributed by atoms with van der Waals surface area (Å²) in [5.74, 6) is 0. The zero-order valence-corrected chi connectivity index (χ0v) is 19.7. The molecule has 0 atom stereocenters. The highest BCUT2D eigenvalue weighted by Gasteiger charge is 2.16. The van der Waals surface area contributed by atoms with E-state index in [1.165, 1.54) is 11.1 Å². The maximum Gasteiger partial charge on any atom is 0.175 e. The van der Waals surface area contributed by atoms with E-state index in [9.17, 15) is 0 Å². The summed E-state index contributed by atoms with van der Waals surface area (Å²) in [4.78, 5) is 0. The third-order valence-corrected chi connectivity index (χ3v) is 5.79. The molecule has 0 saturated carbocycles. The Balaban J connectivity index is 1.47. The van der Waals surface area contributed by atoms with Gasteiger partial charge in [0.05, 0.1) is 47.2 Å². The van der Waals surface area contributed by atoms with Crippen molar-refractivity contribution in [1.82, 2.24) is 19.6 Å². The third kappa shape index (κ3) is 4.73. The summed E-state index contributed by atoms with van der Waals surface area (Å²) < 4.78 is 4.01. The van der Waals surface area contributed by atoms with Crippen LogP contribution in [0.5, 0.6) is 0 Å². The molecule has 0 bridgehead atoms. The minimum atomic E-state index is 0.529. The summed E-state index contributed by atoms with van der Waals surface area (Å²) in [5.41, 5.74) is 8.21. The van der Waals surface area contributed by atoms with Gasteiger partial charge in [0.25, 0.3) is 0 Å². The molecule has 2 aromatic carbocycles. The number of nitrogens with one attached hydrogen (secondary N) is 2. The van der Waals surface area contributed by atoms with E-state index in [4.69, 9.17) is 22.4 Å². The van der Waals surface area contributed by atoms with Crippen molar-refractivity contribution in [1.29, 1.82) is 0 Å². The molecule has 0 unspecified atom stereocenters. The monoisotopic (exact) mass is 444 g/mol. The fraction of sp³-hybridized carbons (Fsp3) is 0.240. The molecule has 2 heterocycles. The molecule has 0 amide bonds. The number of nitrogens with zero attached hydrogens (tertiary/aromatic N) is 4. The van der Waals surface area contributed by atoms with E-state index in [1.54, 1.807) is 0 Å². The van der Waals surface area contributed by atoms with Crippen LogP contribution < -0.4 is 10.6 Å². The fourth-order valence-electron chi connectivity index (χ4n) is 3.83. The van der Waals surface area contributed by atoms with Crippen molar-refractivity contribution in [2.45, 2.75) is 40.8 Å². The number of aryl methyl sites for hydroxylation is 2. The summed E-state index contributed by atoms with van der Waals surface area (Å²) in [6, 6.07) is 20.6. The molecule has 4 aromatic rings. The van der Waals surface area contributed by atoms with Crippen LogP contribution in [0.1, 0.15) is 33.9 Å². The molecule has 0 aliphatic rings. The zero-order valence-electron chi connectivity index (χ0n) is 18.9. The highest BCUT2D eigenvalue weighted by molar-refractivity contribution is 7.80. The van der Waals surface area contributed by atoms with Crippen LogP contribution in [0.15, 0.2) is 60.7 Å². The SMILES string of the molecule is Cc1nn(Cc2ccccc2)c(C)c1NC(=S)Nc1c(C)nn(Cc2ccccc2)c1C. The Morgan fingerprint density at radius 3 is 1.44 bits per heavy atom. The number of anilines is 2. The number of hydrogen-bond acceptors (Lipinski definition) is 3. The van der Waals surface area contributed by atoms with Crippen molar-refractivity contribution in [3.8, 4) is 0 Å². The van der Waals surface area contributed by atoms with Gasteiger partial charge in [0.1, 0.15) is 0 Å². The van der Waals surface area contributed by atoms with Crippen molar-refractivity contribution in [3.05, 3.63) is 94.6 Å². The molecule has 6 nitrogen and oxygen atoms in total. The summed E-state index contributed by atoms with van der Waals surface area (Å²) in [6.45, 7) is 9.55. The highest BCUT2D eigenvalue weighted by atomic mass is 32.1. The molecule has 4 rings (SSSR count). The first-order valence-corrected chi connectivity index (χ1v) is 11.1.